The van der Waals surface area contributed by atoms with Gasteiger partial charge in [0.25, 0.3) is 0 Å². The molecule has 2 N–H and O–H groups in total. The number of benzene rings is 1. The van der Waals surface area contributed by atoms with Gasteiger partial charge >= 0.3 is 5.97 Å². The van der Waals surface area contributed by atoms with E-state index >= 15 is 0 Å². The average Bonchev–Trinajstić information content (AvgIpc) is 3.04. The second-order valence-corrected chi connectivity index (χ2v) is 7.22. The van der Waals surface area contributed by atoms with Gasteiger partial charge in [0, 0.05) is 18.3 Å². The van der Waals surface area contributed by atoms with E-state index in [1.807, 2.05) is 25.1 Å². The fourth-order valence-electron chi connectivity index (χ4n) is 3.28. The van der Waals surface area contributed by atoms with E-state index in [-0.39, 0.29) is 11.6 Å². The van der Waals surface area contributed by atoms with Gasteiger partial charge in [-0.05, 0) is 37.3 Å². The maximum atomic E-state index is 12.8. The highest BCUT2D eigenvalue weighted by Gasteiger charge is 2.38. The van der Waals surface area contributed by atoms with Gasteiger partial charge in [-0.1, -0.05) is 24.3 Å². The fourth-order valence-corrected chi connectivity index (χ4v) is 4.05. The van der Waals surface area contributed by atoms with Crippen molar-refractivity contribution in [3.8, 4) is 0 Å². The van der Waals surface area contributed by atoms with Crippen LogP contribution < -0.4 is 5.32 Å². The van der Waals surface area contributed by atoms with E-state index in [9.17, 15) is 9.59 Å². The third-order valence-electron chi connectivity index (χ3n) is 4.63. The number of aryl methyl sites for hydroxylation is 1. The highest BCUT2D eigenvalue weighted by molar-refractivity contribution is 7.09. The van der Waals surface area contributed by atoms with Crippen LogP contribution >= 0.6 is 11.3 Å². The molecule has 5 nitrogen and oxygen atoms in total. The number of aromatic nitrogens is 1. The minimum atomic E-state index is -1.02. The predicted molar refractivity (Wildman–Crippen MR) is 92.5 cm³/mol. The number of carboxylic acids is 1. The lowest BCUT2D eigenvalue weighted by atomic mass is 9.70. The number of hydrogen-bond acceptors (Lipinski definition) is 4. The van der Waals surface area contributed by atoms with Crippen LogP contribution in [0.4, 0.5) is 0 Å². The molecule has 2 aromatic rings. The Morgan fingerprint density at radius 2 is 2.17 bits per heavy atom. The molecule has 1 amide bonds. The van der Waals surface area contributed by atoms with Crippen LogP contribution in [0.2, 0.25) is 0 Å². The first kappa shape index (κ1) is 16.6. The zero-order chi connectivity index (χ0) is 17.2. The van der Waals surface area contributed by atoms with Gasteiger partial charge < -0.3 is 10.4 Å². The summed E-state index contributed by atoms with van der Waals surface area (Å²) in [4.78, 5) is 27.6. The van der Waals surface area contributed by atoms with E-state index in [2.05, 4.69) is 16.4 Å². The van der Waals surface area contributed by atoms with Crippen LogP contribution in [0.25, 0.3) is 0 Å². The van der Waals surface area contributed by atoms with Crippen molar-refractivity contribution in [3.63, 3.8) is 0 Å². The van der Waals surface area contributed by atoms with Gasteiger partial charge in [0.05, 0.1) is 10.4 Å². The molecule has 126 valence electrons. The van der Waals surface area contributed by atoms with Gasteiger partial charge in [0.1, 0.15) is 0 Å². The van der Waals surface area contributed by atoms with Crippen LogP contribution in [0, 0.1) is 0 Å². The van der Waals surface area contributed by atoms with E-state index < -0.39 is 11.4 Å². The Morgan fingerprint density at radius 1 is 1.38 bits per heavy atom. The Balaban J connectivity index is 1.64. The van der Waals surface area contributed by atoms with Gasteiger partial charge in [-0.3, -0.25) is 4.79 Å². The van der Waals surface area contributed by atoms with Crippen molar-refractivity contribution in [2.24, 2.45) is 0 Å². The largest absolute Gasteiger partial charge is 0.476 e. The maximum absolute atomic E-state index is 12.8. The first-order valence-electron chi connectivity index (χ1n) is 8.05. The molecule has 0 fully saturated rings. The lowest BCUT2D eigenvalue weighted by Crippen LogP contribution is -2.45. The molecular formula is C18H20N2O3S. The molecule has 6 heteroatoms. The quantitative estimate of drug-likeness (QED) is 0.874. The van der Waals surface area contributed by atoms with Crippen molar-refractivity contribution in [1.82, 2.24) is 10.3 Å². The Hall–Kier alpha value is -2.21. The van der Waals surface area contributed by atoms with Crippen molar-refractivity contribution >= 4 is 23.2 Å². The molecule has 24 heavy (non-hydrogen) atoms. The molecule has 3 rings (SSSR count). The highest BCUT2D eigenvalue weighted by Crippen LogP contribution is 2.37. The normalized spacial score (nSPS) is 19.5. The van der Waals surface area contributed by atoms with Crippen LogP contribution in [-0.2, 0) is 23.1 Å². The number of carbonyl (C=O) groups is 2. The fraction of sp³-hybridized carbons (Fsp3) is 0.389. The number of aromatic carboxylic acids is 1. The standard InChI is InChI=1S/C18H20N2O3S/c1-18(9-4-6-12-5-2-3-7-13(12)18)17(23)19-10-8-15-20-14(11-24-15)16(21)22/h2-3,5,7,11H,4,6,8-10H2,1H3,(H,19,23)(H,21,22). The molecule has 0 saturated carbocycles. The summed E-state index contributed by atoms with van der Waals surface area (Å²) in [7, 11) is 0. The molecule has 0 saturated heterocycles. The molecule has 0 radical (unpaired) electrons. The second kappa shape index (κ2) is 6.73. The number of fused-ring (bicyclic) bond motifs is 1. The van der Waals surface area contributed by atoms with Crippen LogP contribution in [-0.4, -0.2) is 28.5 Å². The summed E-state index contributed by atoms with van der Waals surface area (Å²) in [6, 6.07) is 8.15. The highest BCUT2D eigenvalue weighted by atomic mass is 32.1. The summed E-state index contributed by atoms with van der Waals surface area (Å²) in [5, 5.41) is 14.1. The van der Waals surface area contributed by atoms with Gasteiger partial charge in [0.15, 0.2) is 5.69 Å². The van der Waals surface area contributed by atoms with Crippen LogP contribution in [0.5, 0.6) is 0 Å². The van der Waals surface area contributed by atoms with Gasteiger partial charge in [-0.15, -0.1) is 11.3 Å². The average molecular weight is 344 g/mol. The van der Waals surface area contributed by atoms with Crippen LogP contribution in [0.1, 0.15) is 46.4 Å². The number of thiazole rings is 1. The Labute approximate surface area is 144 Å². The Bertz CT molecular complexity index is 771. The van der Waals surface area contributed by atoms with Gasteiger partial charge in [0.2, 0.25) is 5.91 Å². The Morgan fingerprint density at radius 3 is 2.92 bits per heavy atom. The topological polar surface area (TPSA) is 79.3 Å². The lowest BCUT2D eigenvalue weighted by Gasteiger charge is -2.34. The zero-order valence-electron chi connectivity index (χ0n) is 13.5. The van der Waals surface area contributed by atoms with E-state index in [0.29, 0.717) is 13.0 Å². The third kappa shape index (κ3) is 3.19. The molecule has 0 spiro atoms. The summed E-state index contributed by atoms with van der Waals surface area (Å²) < 4.78 is 0. The third-order valence-corrected chi connectivity index (χ3v) is 5.54. The first-order valence-corrected chi connectivity index (χ1v) is 8.93. The summed E-state index contributed by atoms with van der Waals surface area (Å²) in [6.07, 6.45) is 3.42. The first-order chi connectivity index (χ1) is 11.5. The summed E-state index contributed by atoms with van der Waals surface area (Å²) in [6.45, 7) is 2.47. The molecular weight excluding hydrogens is 324 g/mol. The summed E-state index contributed by atoms with van der Waals surface area (Å²) in [5.41, 5.74) is 1.95. The Kier molecular flexibility index (Phi) is 4.66. The number of rotatable bonds is 5. The number of amides is 1. The monoisotopic (exact) mass is 344 g/mol. The molecule has 0 bridgehead atoms. The van der Waals surface area contributed by atoms with Crippen molar-refractivity contribution < 1.29 is 14.7 Å². The van der Waals surface area contributed by atoms with Gasteiger partial charge in [-0.25, -0.2) is 9.78 Å². The predicted octanol–water partition coefficient (Wildman–Crippen LogP) is 2.79. The molecule has 1 atom stereocenters. The minimum absolute atomic E-state index is 0.0321. The number of nitrogens with one attached hydrogen (secondary N) is 1. The van der Waals surface area contributed by atoms with Crippen molar-refractivity contribution in [1.29, 1.82) is 0 Å². The maximum Gasteiger partial charge on any atom is 0.355 e. The zero-order valence-corrected chi connectivity index (χ0v) is 14.4. The van der Waals surface area contributed by atoms with Crippen LogP contribution in [0.15, 0.2) is 29.6 Å². The van der Waals surface area contributed by atoms with E-state index in [1.165, 1.54) is 22.3 Å². The number of nitrogens with zero attached hydrogens (tertiary/aromatic N) is 1. The van der Waals surface area contributed by atoms with E-state index in [0.717, 1.165) is 29.8 Å². The molecule has 1 aromatic carbocycles. The number of carboxylic acid groups (broad SMARTS) is 1. The molecule has 1 aliphatic rings. The second-order valence-electron chi connectivity index (χ2n) is 6.28. The molecule has 1 unspecified atom stereocenters. The SMILES string of the molecule is CC1(C(=O)NCCc2nc(C(=O)O)cs2)CCCc2ccccc21. The molecule has 1 aromatic heterocycles. The van der Waals surface area contributed by atoms with Gasteiger partial charge in [-0.2, -0.15) is 0 Å². The smallest absolute Gasteiger partial charge is 0.355 e. The molecule has 0 aliphatic heterocycles. The van der Waals surface area contributed by atoms with Crippen LogP contribution in [0.3, 0.4) is 0 Å². The van der Waals surface area contributed by atoms with E-state index in [4.69, 9.17) is 5.11 Å². The van der Waals surface area contributed by atoms with Crippen molar-refractivity contribution in [3.05, 3.63) is 51.5 Å². The minimum Gasteiger partial charge on any atom is -0.476 e. The number of carbonyl (C=O) groups excluding carboxylic acids is 1. The number of hydrogen-bond donors (Lipinski definition) is 2. The van der Waals surface area contributed by atoms with E-state index in [1.54, 1.807) is 0 Å². The van der Waals surface area contributed by atoms with Crippen molar-refractivity contribution in [2.75, 3.05) is 6.54 Å². The lowest BCUT2D eigenvalue weighted by molar-refractivity contribution is -0.126. The molecule has 1 aliphatic carbocycles. The molecule has 1 heterocycles. The summed E-state index contributed by atoms with van der Waals surface area (Å²) >= 11 is 1.31. The van der Waals surface area contributed by atoms with Crippen molar-refractivity contribution in [2.45, 2.75) is 38.0 Å². The summed E-state index contributed by atoms with van der Waals surface area (Å²) in [5.74, 6) is -0.988.